The molecule has 0 saturated heterocycles. The van der Waals surface area contributed by atoms with Gasteiger partial charge in [-0.15, -0.1) is 0 Å². The maximum Gasteiger partial charge on any atom is 0.248 e. The molecule has 0 atom stereocenters. The number of nitrogens with one attached hydrogen (secondary N) is 3. The minimum absolute atomic E-state index is 0.0887. The number of pyridine rings is 1. The van der Waals surface area contributed by atoms with Gasteiger partial charge in [0, 0.05) is 38.3 Å². The van der Waals surface area contributed by atoms with Gasteiger partial charge in [-0.3, -0.25) is 15.2 Å². The second-order valence-electron chi connectivity index (χ2n) is 8.06. The van der Waals surface area contributed by atoms with Crippen LogP contribution in [0.2, 0.25) is 5.02 Å². The summed E-state index contributed by atoms with van der Waals surface area (Å²) in [6.45, 7) is 0.790. The van der Waals surface area contributed by atoms with Gasteiger partial charge in [0.1, 0.15) is 37.2 Å². The molecule has 38 heavy (non-hydrogen) atoms. The van der Waals surface area contributed by atoms with Gasteiger partial charge in [-0.05, 0) is 42.5 Å². The van der Waals surface area contributed by atoms with Gasteiger partial charge in [0.25, 0.3) is 0 Å². The number of aliphatic hydroxyl groups is 1. The van der Waals surface area contributed by atoms with Crippen LogP contribution in [0.25, 0.3) is 0 Å². The zero-order valence-corrected chi connectivity index (χ0v) is 22.1. The summed E-state index contributed by atoms with van der Waals surface area (Å²) in [4.78, 5) is 17.7. The van der Waals surface area contributed by atoms with Gasteiger partial charge in [-0.25, -0.2) is 0 Å². The minimum Gasteiger partial charge on any atom is -0.491 e. The van der Waals surface area contributed by atoms with Crippen molar-refractivity contribution in [3.63, 3.8) is 0 Å². The molecule has 0 aliphatic carbocycles. The maximum absolute atomic E-state index is 12.0. The number of methoxy groups -OCH3 is 1. The van der Waals surface area contributed by atoms with Gasteiger partial charge in [-0.1, -0.05) is 23.7 Å². The predicted molar refractivity (Wildman–Crippen MR) is 147 cm³/mol. The van der Waals surface area contributed by atoms with E-state index in [1.807, 2.05) is 30.3 Å². The summed E-state index contributed by atoms with van der Waals surface area (Å²) in [5, 5.41) is 24.5. The second-order valence-corrected chi connectivity index (χ2v) is 8.47. The Kier molecular flexibility index (Phi) is 11.2. The van der Waals surface area contributed by atoms with E-state index < -0.39 is 12.5 Å². The Hall–Kier alpha value is -3.86. The van der Waals surface area contributed by atoms with Gasteiger partial charge in [0.05, 0.1) is 29.4 Å². The summed E-state index contributed by atoms with van der Waals surface area (Å²) in [6, 6.07) is 16.2. The molecule has 0 spiro atoms. The molecule has 4 N–H and O–H groups in total. The summed E-state index contributed by atoms with van der Waals surface area (Å²) in [6.07, 6.45) is 1.70. The number of ether oxygens (including phenoxy) is 3. The van der Waals surface area contributed by atoms with E-state index in [0.29, 0.717) is 46.6 Å². The van der Waals surface area contributed by atoms with Crippen LogP contribution in [0.15, 0.2) is 60.8 Å². The van der Waals surface area contributed by atoms with Crippen LogP contribution in [0.4, 0.5) is 11.4 Å². The molecule has 10 nitrogen and oxygen atoms in total. The molecule has 0 radical (unpaired) electrons. The van der Waals surface area contributed by atoms with Crippen molar-refractivity contribution in [2.45, 2.75) is 6.61 Å². The SMILES string of the molecule is CNc1cccc(OCCN(CCOC)C(=O)CO)c1C(=N)Nc1ccc(OCc2ccccn2)c(Cl)c1. The van der Waals surface area contributed by atoms with E-state index in [1.54, 1.807) is 44.6 Å². The fourth-order valence-electron chi connectivity index (χ4n) is 3.58. The Morgan fingerprint density at radius 1 is 1.08 bits per heavy atom. The van der Waals surface area contributed by atoms with Gasteiger partial charge in [0.2, 0.25) is 5.91 Å². The number of rotatable bonds is 14. The Labute approximate surface area is 227 Å². The quantitative estimate of drug-likeness (QED) is 0.180. The number of benzene rings is 2. The number of amidine groups is 1. The van der Waals surface area contributed by atoms with Crippen LogP contribution in [0.3, 0.4) is 0 Å². The molecule has 0 aliphatic rings. The topological polar surface area (TPSA) is 129 Å². The first kappa shape index (κ1) is 28.7. The first-order chi connectivity index (χ1) is 18.5. The molecular weight excluding hydrogens is 510 g/mol. The zero-order chi connectivity index (χ0) is 27.3. The highest BCUT2D eigenvalue weighted by Crippen LogP contribution is 2.31. The first-order valence-corrected chi connectivity index (χ1v) is 12.3. The lowest BCUT2D eigenvalue weighted by Crippen LogP contribution is -2.38. The first-order valence-electron chi connectivity index (χ1n) is 12.0. The number of aliphatic hydroxyl groups excluding tert-OH is 1. The number of anilines is 2. The Balaban J connectivity index is 1.68. The van der Waals surface area contributed by atoms with E-state index in [0.717, 1.165) is 5.69 Å². The van der Waals surface area contributed by atoms with Crippen LogP contribution >= 0.6 is 11.6 Å². The van der Waals surface area contributed by atoms with Crippen LogP contribution in [0.1, 0.15) is 11.3 Å². The Bertz CT molecular complexity index is 1210. The van der Waals surface area contributed by atoms with Crippen LogP contribution in [-0.2, 0) is 16.1 Å². The maximum atomic E-state index is 12.0. The summed E-state index contributed by atoms with van der Waals surface area (Å²) in [5.74, 6) is 0.642. The highest BCUT2D eigenvalue weighted by molar-refractivity contribution is 6.32. The van der Waals surface area contributed by atoms with Gasteiger partial charge in [0.15, 0.2) is 0 Å². The minimum atomic E-state index is -0.589. The number of carbonyl (C=O) groups is 1. The van der Waals surface area contributed by atoms with Crippen molar-refractivity contribution in [1.82, 2.24) is 9.88 Å². The number of hydrogen-bond acceptors (Lipinski definition) is 8. The third kappa shape index (κ3) is 8.07. The molecule has 2 aromatic carbocycles. The number of carbonyl (C=O) groups excluding carboxylic acids is 1. The lowest BCUT2D eigenvalue weighted by atomic mass is 10.1. The smallest absolute Gasteiger partial charge is 0.248 e. The number of amides is 1. The van der Waals surface area contributed by atoms with E-state index in [4.69, 9.17) is 31.2 Å². The number of aromatic nitrogens is 1. The predicted octanol–water partition coefficient (Wildman–Crippen LogP) is 3.64. The molecule has 0 fully saturated rings. The summed E-state index contributed by atoms with van der Waals surface area (Å²) in [7, 11) is 3.30. The van der Waals surface area contributed by atoms with Crippen LogP contribution in [0.5, 0.6) is 11.5 Å². The molecule has 0 aliphatic heterocycles. The lowest BCUT2D eigenvalue weighted by molar-refractivity contribution is -0.135. The monoisotopic (exact) mass is 541 g/mol. The molecular formula is C27H32ClN5O5. The highest BCUT2D eigenvalue weighted by Gasteiger charge is 2.17. The Morgan fingerprint density at radius 2 is 1.89 bits per heavy atom. The van der Waals surface area contributed by atoms with Gasteiger partial charge < -0.3 is 34.9 Å². The lowest BCUT2D eigenvalue weighted by Gasteiger charge is -2.22. The third-order valence-corrected chi connectivity index (χ3v) is 5.82. The largest absolute Gasteiger partial charge is 0.491 e. The Morgan fingerprint density at radius 3 is 2.58 bits per heavy atom. The van der Waals surface area contributed by atoms with Gasteiger partial charge in [-0.2, -0.15) is 0 Å². The van der Waals surface area contributed by atoms with Crippen molar-refractivity contribution in [2.75, 3.05) is 57.7 Å². The summed E-state index contributed by atoms with van der Waals surface area (Å²) < 4.78 is 16.8. The molecule has 0 unspecified atom stereocenters. The number of hydrogen-bond donors (Lipinski definition) is 4. The summed E-state index contributed by atoms with van der Waals surface area (Å²) in [5.41, 5.74) is 2.58. The average molecular weight is 542 g/mol. The number of nitrogens with zero attached hydrogens (tertiary/aromatic N) is 2. The molecule has 0 saturated carbocycles. The van der Waals surface area contributed by atoms with Crippen LogP contribution in [0, 0.1) is 5.41 Å². The van der Waals surface area contributed by atoms with Crippen molar-refractivity contribution in [2.24, 2.45) is 0 Å². The van der Waals surface area contributed by atoms with Crippen molar-refractivity contribution in [1.29, 1.82) is 5.41 Å². The van der Waals surface area contributed by atoms with E-state index in [9.17, 15) is 9.90 Å². The normalized spacial score (nSPS) is 10.5. The molecule has 1 amide bonds. The van der Waals surface area contributed by atoms with Crippen LogP contribution < -0.4 is 20.1 Å². The molecule has 1 aromatic heterocycles. The zero-order valence-electron chi connectivity index (χ0n) is 21.4. The fourth-order valence-corrected chi connectivity index (χ4v) is 3.82. The van der Waals surface area contributed by atoms with E-state index in [-0.39, 0.29) is 25.6 Å². The highest BCUT2D eigenvalue weighted by atomic mass is 35.5. The van der Waals surface area contributed by atoms with Crippen molar-refractivity contribution >= 4 is 34.7 Å². The molecule has 202 valence electrons. The third-order valence-electron chi connectivity index (χ3n) is 5.52. The van der Waals surface area contributed by atoms with Gasteiger partial charge >= 0.3 is 0 Å². The molecule has 0 bridgehead atoms. The second kappa shape index (κ2) is 14.8. The molecule has 1 heterocycles. The van der Waals surface area contributed by atoms with Crippen molar-refractivity contribution in [3.8, 4) is 11.5 Å². The van der Waals surface area contributed by atoms with Crippen molar-refractivity contribution < 1.29 is 24.1 Å². The average Bonchev–Trinajstić information content (AvgIpc) is 2.94. The van der Waals surface area contributed by atoms with E-state index in [1.165, 1.54) is 4.90 Å². The standard InChI is InChI=1S/C27H32ClN5O5/c1-30-22-7-5-8-24(37-15-13-33(12-14-36-2)25(35)17-34)26(22)27(29)32-19-9-10-23(21(28)16-19)38-18-20-6-3-4-11-31-20/h3-11,16,30,34H,12-15,17-18H2,1-2H3,(H2,29,32). The van der Waals surface area contributed by atoms with Crippen molar-refractivity contribution in [3.05, 3.63) is 77.1 Å². The van der Waals surface area contributed by atoms with Crippen LogP contribution in [-0.4, -0.2) is 73.8 Å². The molecule has 3 aromatic rings. The van der Waals surface area contributed by atoms with E-state index >= 15 is 0 Å². The van der Waals surface area contributed by atoms with E-state index in [2.05, 4.69) is 15.6 Å². The number of halogens is 1. The molecule has 11 heteroatoms. The molecule has 3 rings (SSSR count). The fraction of sp³-hybridized carbons (Fsp3) is 0.296. The summed E-state index contributed by atoms with van der Waals surface area (Å²) >= 11 is 6.43.